The molecule has 0 spiro atoms. The summed E-state index contributed by atoms with van der Waals surface area (Å²) in [6.45, 7) is 3.87. The summed E-state index contributed by atoms with van der Waals surface area (Å²) in [4.78, 5) is 14.2. The number of rotatable bonds is 4. The number of hydrogen-bond acceptors (Lipinski definition) is 3. The van der Waals surface area contributed by atoms with E-state index in [0.717, 1.165) is 24.1 Å². The van der Waals surface area contributed by atoms with Crippen molar-refractivity contribution in [2.45, 2.75) is 0 Å². The van der Waals surface area contributed by atoms with Crippen molar-refractivity contribution >= 4 is 23.3 Å². The van der Waals surface area contributed by atoms with Gasteiger partial charge in [0.15, 0.2) is 0 Å². The zero-order chi connectivity index (χ0) is 16.2. The number of amides is 2. The minimum absolute atomic E-state index is 0.157. The molecule has 0 unspecified atom stereocenters. The number of hydrogen-bond donors (Lipinski definition) is 2. The average Bonchev–Trinajstić information content (AvgIpc) is 2.48. The van der Waals surface area contributed by atoms with Gasteiger partial charge in [0.05, 0.1) is 52.6 Å². The Morgan fingerprint density at radius 1 is 1.45 bits per heavy atom. The van der Waals surface area contributed by atoms with Crippen LogP contribution in [0.25, 0.3) is 0 Å². The largest absolute Gasteiger partial charge is 0.495 e. The van der Waals surface area contributed by atoms with Gasteiger partial charge in [0.2, 0.25) is 0 Å². The van der Waals surface area contributed by atoms with E-state index in [2.05, 4.69) is 12.4 Å². The number of urea groups is 1. The van der Waals surface area contributed by atoms with E-state index in [1.807, 2.05) is 0 Å². The zero-order valence-electron chi connectivity index (χ0n) is 13.0. The summed E-state index contributed by atoms with van der Waals surface area (Å²) in [5.41, 5.74) is 0.568. The molecule has 122 valence electrons. The molecule has 1 aromatic carbocycles. The normalized spacial score (nSPS) is 17.2. The fourth-order valence-electron chi connectivity index (χ4n) is 2.59. The van der Waals surface area contributed by atoms with E-state index in [1.54, 1.807) is 30.2 Å². The van der Waals surface area contributed by atoms with Crippen molar-refractivity contribution in [2.75, 3.05) is 58.8 Å². The third-order valence-electron chi connectivity index (χ3n) is 4.15. The smallest absolute Gasteiger partial charge is 0.322 e. The van der Waals surface area contributed by atoms with E-state index in [-0.39, 0.29) is 12.6 Å². The topological polar surface area (TPSA) is 61.8 Å². The standard InChI is InChI=1S/C15H22ClN3O3/c1-19(9-10-20)7-5-18(6-8-19)15(21)17-13-11-12(16)3-4-14(13)22-2/h3-4,11,20H,5-10H2,1-2H3/p+1. The Balaban J connectivity index is 1.98. The summed E-state index contributed by atoms with van der Waals surface area (Å²) in [5.74, 6) is 0.579. The summed E-state index contributed by atoms with van der Waals surface area (Å²) in [6, 6.07) is 4.96. The fraction of sp³-hybridized carbons (Fsp3) is 0.533. The number of anilines is 1. The van der Waals surface area contributed by atoms with Crippen molar-refractivity contribution in [2.24, 2.45) is 0 Å². The number of methoxy groups -OCH3 is 1. The number of halogens is 1. The van der Waals surface area contributed by atoms with Crippen LogP contribution in [0.2, 0.25) is 5.02 Å². The minimum Gasteiger partial charge on any atom is -0.495 e. The number of quaternary nitrogens is 1. The van der Waals surface area contributed by atoms with Crippen LogP contribution >= 0.6 is 11.6 Å². The third kappa shape index (κ3) is 4.03. The quantitative estimate of drug-likeness (QED) is 0.826. The molecular weight excluding hydrogens is 306 g/mol. The van der Waals surface area contributed by atoms with Crippen LogP contribution in [0.3, 0.4) is 0 Å². The van der Waals surface area contributed by atoms with E-state index in [9.17, 15) is 4.79 Å². The number of nitrogens with one attached hydrogen (secondary N) is 1. The Labute approximate surface area is 135 Å². The summed E-state index contributed by atoms with van der Waals surface area (Å²) < 4.78 is 6.02. The van der Waals surface area contributed by atoms with E-state index in [0.29, 0.717) is 29.5 Å². The van der Waals surface area contributed by atoms with Crippen LogP contribution in [0.15, 0.2) is 18.2 Å². The first-order valence-corrected chi connectivity index (χ1v) is 7.69. The highest BCUT2D eigenvalue weighted by molar-refractivity contribution is 6.31. The van der Waals surface area contributed by atoms with Crippen LogP contribution < -0.4 is 10.1 Å². The highest BCUT2D eigenvalue weighted by Gasteiger charge is 2.30. The van der Waals surface area contributed by atoms with Gasteiger partial charge < -0.3 is 24.5 Å². The van der Waals surface area contributed by atoms with Crippen LogP contribution in [0.4, 0.5) is 10.5 Å². The van der Waals surface area contributed by atoms with Crippen molar-refractivity contribution in [1.29, 1.82) is 0 Å². The van der Waals surface area contributed by atoms with Crippen molar-refractivity contribution in [3.05, 3.63) is 23.2 Å². The molecule has 1 heterocycles. The van der Waals surface area contributed by atoms with Crippen LogP contribution in [0.5, 0.6) is 5.75 Å². The number of benzene rings is 1. The molecule has 2 N–H and O–H groups in total. The predicted octanol–water partition coefficient (Wildman–Crippen LogP) is 1.63. The molecular formula is C15H23ClN3O3+. The Bertz CT molecular complexity index is 531. The van der Waals surface area contributed by atoms with Crippen LogP contribution in [0, 0.1) is 0 Å². The Morgan fingerprint density at radius 2 is 2.14 bits per heavy atom. The second kappa shape index (κ2) is 7.17. The molecule has 1 aliphatic heterocycles. The van der Waals surface area contributed by atoms with Gasteiger partial charge >= 0.3 is 6.03 Å². The Kier molecular flexibility index (Phi) is 5.50. The van der Waals surface area contributed by atoms with E-state index in [1.165, 1.54) is 0 Å². The van der Waals surface area contributed by atoms with E-state index >= 15 is 0 Å². The number of carbonyl (C=O) groups excluding carboxylic acids is 1. The molecule has 6 nitrogen and oxygen atoms in total. The molecule has 22 heavy (non-hydrogen) atoms. The van der Waals surface area contributed by atoms with E-state index in [4.69, 9.17) is 21.4 Å². The van der Waals surface area contributed by atoms with Gasteiger partial charge in [-0.15, -0.1) is 0 Å². The van der Waals surface area contributed by atoms with Gasteiger partial charge in [0.25, 0.3) is 0 Å². The van der Waals surface area contributed by atoms with Gasteiger partial charge in [-0.3, -0.25) is 0 Å². The van der Waals surface area contributed by atoms with Gasteiger partial charge in [-0.25, -0.2) is 4.79 Å². The molecule has 1 aromatic rings. The summed E-state index contributed by atoms with van der Waals surface area (Å²) in [5, 5.41) is 12.5. The summed E-state index contributed by atoms with van der Waals surface area (Å²) in [7, 11) is 3.66. The maximum absolute atomic E-state index is 12.4. The van der Waals surface area contributed by atoms with Crippen LogP contribution in [-0.2, 0) is 0 Å². The molecule has 1 aliphatic rings. The summed E-state index contributed by atoms with van der Waals surface area (Å²) in [6.07, 6.45) is 0. The minimum atomic E-state index is -0.157. The van der Waals surface area contributed by atoms with Crippen molar-refractivity contribution in [1.82, 2.24) is 4.90 Å². The lowest BCUT2D eigenvalue weighted by molar-refractivity contribution is -0.913. The lowest BCUT2D eigenvalue weighted by Crippen LogP contribution is -2.59. The first-order chi connectivity index (χ1) is 10.5. The van der Waals surface area contributed by atoms with E-state index < -0.39 is 0 Å². The second-order valence-corrected chi connectivity index (χ2v) is 6.21. The molecule has 7 heteroatoms. The molecule has 2 amide bonds. The fourth-order valence-corrected chi connectivity index (χ4v) is 2.76. The predicted molar refractivity (Wildman–Crippen MR) is 86.5 cm³/mol. The monoisotopic (exact) mass is 328 g/mol. The average molecular weight is 329 g/mol. The maximum Gasteiger partial charge on any atom is 0.322 e. The summed E-state index contributed by atoms with van der Waals surface area (Å²) >= 11 is 5.97. The van der Waals surface area contributed by atoms with Crippen molar-refractivity contribution in [3.63, 3.8) is 0 Å². The number of nitrogens with zero attached hydrogens (tertiary/aromatic N) is 2. The second-order valence-electron chi connectivity index (χ2n) is 5.78. The van der Waals surface area contributed by atoms with Gasteiger partial charge in [-0.05, 0) is 18.2 Å². The number of likely N-dealkylation sites (N-methyl/N-ethyl adjacent to an activating group) is 1. The van der Waals surface area contributed by atoms with Gasteiger partial charge in [0, 0.05) is 5.02 Å². The molecule has 1 saturated heterocycles. The van der Waals surface area contributed by atoms with Crippen molar-refractivity contribution in [3.8, 4) is 5.75 Å². The van der Waals surface area contributed by atoms with Gasteiger partial charge in [0.1, 0.15) is 12.3 Å². The highest BCUT2D eigenvalue weighted by atomic mass is 35.5. The molecule has 0 bridgehead atoms. The molecule has 0 atom stereocenters. The zero-order valence-corrected chi connectivity index (χ0v) is 13.8. The highest BCUT2D eigenvalue weighted by Crippen LogP contribution is 2.28. The molecule has 0 aromatic heterocycles. The molecule has 2 rings (SSSR count). The number of piperazine rings is 1. The lowest BCUT2D eigenvalue weighted by atomic mass is 10.2. The molecule has 0 aliphatic carbocycles. The van der Waals surface area contributed by atoms with Crippen LogP contribution in [-0.4, -0.2) is 74.0 Å². The SMILES string of the molecule is COc1ccc(Cl)cc1NC(=O)N1CC[N+](C)(CCO)CC1. The maximum atomic E-state index is 12.4. The molecule has 0 radical (unpaired) electrons. The number of aliphatic hydroxyl groups excluding tert-OH is 1. The number of aliphatic hydroxyl groups is 1. The molecule has 0 saturated carbocycles. The number of carbonyl (C=O) groups is 1. The first kappa shape index (κ1) is 16.9. The third-order valence-corrected chi connectivity index (χ3v) is 4.38. The molecule has 1 fully saturated rings. The Hall–Kier alpha value is -1.50. The van der Waals surface area contributed by atoms with Crippen molar-refractivity contribution < 1.29 is 19.1 Å². The van der Waals surface area contributed by atoms with Crippen LogP contribution in [0.1, 0.15) is 0 Å². The number of ether oxygens (including phenoxy) is 1. The van der Waals surface area contributed by atoms with Gasteiger partial charge in [-0.2, -0.15) is 0 Å². The Morgan fingerprint density at radius 3 is 2.73 bits per heavy atom. The first-order valence-electron chi connectivity index (χ1n) is 7.31. The lowest BCUT2D eigenvalue weighted by Gasteiger charge is -2.41. The van der Waals surface area contributed by atoms with Gasteiger partial charge in [-0.1, -0.05) is 11.6 Å².